The van der Waals surface area contributed by atoms with Gasteiger partial charge in [0.15, 0.2) is 0 Å². The van der Waals surface area contributed by atoms with Crippen LogP contribution in [-0.2, 0) is 0 Å². The van der Waals surface area contributed by atoms with Gasteiger partial charge in [0.25, 0.3) is 0 Å². The molecule has 2 N–H and O–H groups in total. The van der Waals surface area contributed by atoms with E-state index in [2.05, 4.69) is 33.2 Å². The van der Waals surface area contributed by atoms with E-state index in [1.807, 2.05) is 36.7 Å². The van der Waals surface area contributed by atoms with Crippen LogP contribution in [0.1, 0.15) is 29.9 Å². The molecule has 0 aliphatic carbocycles. The number of nitrogens with two attached hydrogens (primary N) is 1. The molecule has 2 aromatic rings. The van der Waals surface area contributed by atoms with E-state index < -0.39 is 0 Å². The summed E-state index contributed by atoms with van der Waals surface area (Å²) in [7, 11) is 0. The van der Waals surface area contributed by atoms with Crippen LogP contribution in [0.3, 0.4) is 0 Å². The zero-order chi connectivity index (χ0) is 12.6. The van der Waals surface area contributed by atoms with Crippen molar-refractivity contribution in [3.8, 4) is 5.69 Å². The zero-order valence-corrected chi connectivity index (χ0v) is 11.7. The SMILES string of the molecule is Cc1ccc(-n2nnc(C(C)N)c2C)cc1Br. The summed E-state index contributed by atoms with van der Waals surface area (Å²) in [5, 5.41) is 8.26. The van der Waals surface area contributed by atoms with Gasteiger partial charge >= 0.3 is 0 Å². The molecule has 0 radical (unpaired) electrons. The summed E-state index contributed by atoms with van der Waals surface area (Å²) < 4.78 is 2.87. The van der Waals surface area contributed by atoms with E-state index in [0.29, 0.717) is 0 Å². The minimum Gasteiger partial charge on any atom is -0.323 e. The first kappa shape index (κ1) is 12.3. The number of hydrogen-bond donors (Lipinski definition) is 1. The number of benzene rings is 1. The van der Waals surface area contributed by atoms with Crippen LogP contribution in [0.25, 0.3) is 5.69 Å². The van der Waals surface area contributed by atoms with E-state index in [1.165, 1.54) is 5.56 Å². The average molecular weight is 295 g/mol. The maximum atomic E-state index is 5.83. The molecule has 0 saturated heterocycles. The monoisotopic (exact) mass is 294 g/mol. The Kier molecular flexibility index (Phi) is 3.31. The molecule has 4 nitrogen and oxygen atoms in total. The highest BCUT2D eigenvalue weighted by atomic mass is 79.9. The number of aromatic nitrogens is 3. The van der Waals surface area contributed by atoms with Crippen LogP contribution in [-0.4, -0.2) is 15.0 Å². The fourth-order valence-electron chi connectivity index (χ4n) is 1.72. The second-order valence-electron chi connectivity index (χ2n) is 4.19. The maximum Gasteiger partial charge on any atom is 0.102 e. The van der Waals surface area contributed by atoms with Gasteiger partial charge in [0.05, 0.1) is 11.4 Å². The van der Waals surface area contributed by atoms with Crippen molar-refractivity contribution in [1.29, 1.82) is 0 Å². The van der Waals surface area contributed by atoms with Crippen molar-refractivity contribution in [3.63, 3.8) is 0 Å². The van der Waals surface area contributed by atoms with Gasteiger partial charge in [0, 0.05) is 10.5 Å². The number of hydrogen-bond acceptors (Lipinski definition) is 3. The molecule has 5 heteroatoms. The van der Waals surface area contributed by atoms with Crippen molar-refractivity contribution in [2.45, 2.75) is 26.8 Å². The fourth-order valence-corrected chi connectivity index (χ4v) is 2.09. The van der Waals surface area contributed by atoms with E-state index >= 15 is 0 Å². The molecule has 1 aromatic carbocycles. The Hall–Kier alpha value is -1.20. The summed E-state index contributed by atoms with van der Waals surface area (Å²) in [6, 6.07) is 6.00. The van der Waals surface area contributed by atoms with Crippen molar-refractivity contribution in [1.82, 2.24) is 15.0 Å². The third-order valence-electron chi connectivity index (χ3n) is 2.76. The van der Waals surface area contributed by atoms with Crippen molar-refractivity contribution in [3.05, 3.63) is 39.6 Å². The van der Waals surface area contributed by atoms with Crippen LogP contribution in [0.4, 0.5) is 0 Å². The van der Waals surface area contributed by atoms with Gasteiger partial charge in [-0.2, -0.15) is 0 Å². The normalized spacial score (nSPS) is 12.8. The minimum absolute atomic E-state index is 0.0994. The summed E-state index contributed by atoms with van der Waals surface area (Å²) >= 11 is 3.52. The first-order chi connectivity index (χ1) is 8.00. The lowest BCUT2D eigenvalue weighted by molar-refractivity contribution is 0.756. The van der Waals surface area contributed by atoms with Crippen molar-refractivity contribution in [2.75, 3.05) is 0 Å². The molecule has 0 spiro atoms. The van der Waals surface area contributed by atoms with Gasteiger partial charge in [-0.15, -0.1) is 5.10 Å². The second kappa shape index (κ2) is 4.58. The second-order valence-corrected chi connectivity index (χ2v) is 5.05. The highest BCUT2D eigenvalue weighted by Crippen LogP contribution is 2.22. The average Bonchev–Trinajstić information content (AvgIpc) is 2.64. The Morgan fingerprint density at radius 2 is 2.06 bits per heavy atom. The largest absolute Gasteiger partial charge is 0.323 e. The van der Waals surface area contributed by atoms with E-state index in [1.54, 1.807) is 0 Å². The molecule has 1 aromatic heterocycles. The van der Waals surface area contributed by atoms with E-state index in [4.69, 9.17) is 5.73 Å². The Balaban J connectivity index is 2.50. The molecule has 0 aliphatic rings. The van der Waals surface area contributed by atoms with Gasteiger partial charge in [0.2, 0.25) is 0 Å². The summed E-state index contributed by atoms with van der Waals surface area (Å²) in [6.07, 6.45) is 0. The summed E-state index contributed by atoms with van der Waals surface area (Å²) in [5.74, 6) is 0. The Labute approximate surface area is 109 Å². The van der Waals surface area contributed by atoms with Gasteiger partial charge < -0.3 is 5.73 Å². The molecule has 0 saturated carbocycles. The predicted molar refractivity (Wildman–Crippen MR) is 71.1 cm³/mol. The molecule has 2 rings (SSSR count). The number of rotatable bonds is 2. The predicted octanol–water partition coefficient (Wildman–Crippen LogP) is 2.67. The third-order valence-corrected chi connectivity index (χ3v) is 3.62. The standard InChI is InChI=1S/C12H15BrN4/c1-7-4-5-10(6-11(7)13)17-9(3)12(8(2)14)15-16-17/h4-6,8H,14H2,1-3H3. The van der Waals surface area contributed by atoms with Crippen molar-refractivity contribution >= 4 is 15.9 Å². The van der Waals surface area contributed by atoms with E-state index in [0.717, 1.165) is 21.5 Å². The van der Waals surface area contributed by atoms with Gasteiger partial charge in [-0.3, -0.25) is 0 Å². The van der Waals surface area contributed by atoms with Gasteiger partial charge in [-0.05, 0) is 38.5 Å². The smallest absolute Gasteiger partial charge is 0.102 e. The first-order valence-electron chi connectivity index (χ1n) is 5.45. The van der Waals surface area contributed by atoms with Crippen LogP contribution in [0, 0.1) is 13.8 Å². The Morgan fingerprint density at radius 3 is 2.59 bits per heavy atom. The van der Waals surface area contributed by atoms with Crippen LogP contribution in [0.5, 0.6) is 0 Å². The molecule has 90 valence electrons. The lowest BCUT2D eigenvalue weighted by Crippen LogP contribution is -2.08. The van der Waals surface area contributed by atoms with Crippen LogP contribution in [0.2, 0.25) is 0 Å². The van der Waals surface area contributed by atoms with E-state index in [-0.39, 0.29) is 6.04 Å². The minimum atomic E-state index is -0.0994. The summed E-state index contributed by atoms with van der Waals surface area (Å²) in [6.45, 7) is 5.94. The zero-order valence-electron chi connectivity index (χ0n) is 10.1. The lowest BCUT2D eigenvalue weighted by atomic mass is 10.2. The van der Waals surface area contributed by atoms with Gasteiger partial charge in [-0.1, -0.05) is 27.2 Å². The maximum absolute atomic E-state index is 5.83. The quantitative estimate of drug-likeness (QED) is 0.926. The van der Waals surface area contributed by atoms with Crippen molar-refractivity contribution < 1.29 is 0 Å². The molecule has 0 bridgehead atoms. The summed E-state index contributed by atoms with van der Waals surface area (Å²) in [5.41, 5.74) is 9.83. The van der Waals surface area contributed by atoms with Crippen LogP contribution < -0.4 is 5.73 Å². The first-order valence-corrected chi connectivity index (χ1v) is 6.24. The lowest BCUT2D eigenvalue weighted by Gasteiger charge is -2.07. The highest BCUT2D eigenvalue weighted by Gasteiger charge is 2.13. The molecule has 1 atom stereocenters. The summed E-state index contributed by atoms with van der Waals surface area (Å²) in [4.78, 5) is 0. The fraction of sp³-hybridized carbons (Fsp3) is 0.333. The third kappa shape index (κ3) is 2.25. The van der Waals surface area contributed by atoms with Crippen LogP contribution >= 0.6 is 15.9 Å². The van der Waals surface area contributed by atoms with Crippen LogP contribution in [0.15, 0.2) is 22.7 Å². The molecule has 0 amide bonds. The van der Waals surface area contributed by atoms with E-state index in [9.17, 15) is 0 Å². The Morgan fingerprint density at radius 1 is 1.35 bits per heavy atom. The topological polar surface area (TPSA) is 56.7 Å². The number of aryl methyl sites for hydroxylation is 1. The number of nitrogens with zero attached hydrogens (tertiary/aromatic N) is 3. The molecule has 17 heavy (non-hydrogen) atoms. The molecule has 1 heterocycles. The molecular formula is C12H15BrN4. The highest BCUT2D eigenvalue weighted by molar-refractivity contribution is 9.10. The molecule has 0 aliphatic heterocycles. The molecular weight excluding hydrogens is 280 g/mol. The molecule has 1 unspecified atom stereocenters. The van der Waals surface area contributed by atoms with Gasteiger partial charge in [0.1, 0.15) is 5.69 Å². The number of halogens is 1. The Bertz CT molecular complexity index is 545. The molecule has 0 fully saturated rings. The van der Waals surface area contributed by atoms with Gasteiger partial charge in [-0.25, -0.2) is 4.68 Å². The van der Waals surface area contributed by atoms with Crippen molar-refractivity contribution in [2.24, 2.45) is 5.73 Å².